The van der Waals surface area contributed by atoms with Gasteiger partial charge in [-0.1, -0.05) is 13.8 Å². The van der Waals surface area contributed by atoms with Crippen molar-refractivity contribution in [2.75, 3.05) is 0 Å². The molecule has 0 aliphatic heterocycles. The molecule has 0 saturated heterocycles. The van der Waals surface area contributed by atoms with Gasteiger partial charge in [0.05, 0.1) is 6.04 Å². The molecule has 2 nitrogen and oxygen atoms in total. The highest BCUT2D eigenvalue weighted by molar-refractivity contribution is 5.07. The van der Waals surface area contributed by atoms with Crippen molar-refractivity contribution in [3.8, 4) is 0 Å². The highest BCUT2D eigenvalue weighted by atomic mass is 16.3. The van der Waals surface area contributed by atoms with Crippen molar-refractivity contribution < 1.29 is 5.11 Å². The Morgan fingerprint density at radius 3 is 1.91 bits per heavy atom. The molecular formula is C9H19NO. The molecule has 0 bridgehead atoms. The summed E-state index contributed by atoms with van der Waals surface area (Å²) < 4.78 is 0. The summed E-state index contributed by atoms with van der Waals surface area (Å²) in [5.41, 5.74) is 0.977. The smallest absolute Gasteiger partial charge is 0.107 e. The summed E-state index contributed by atoms with van der Waals surface area (Å²) in [5, 5.41) is 12.7. The minimum atomic E-state index is 0.0694. The monoisotopic (exact) mass is 157 g/mol. The second-order valence-electron chi connectivity index (χ2n) is 3.43. The van der Waals surface area contributed by atoms with Gasteiger partial charge < -0.3 is 10.4 Å². The fraction of sp³-hybridized carbons (Fsp3) is 0.778. The normalized spacial score (nSPS) is 13.3. The van der Waals surface area contributed by atoms with E-state index in [-0.39, 0.29) is 6.04 Å². The number of hydrogen-bond donors (Lipinski definition) is 2. The van der Waals surface area contributed by atoms with Gasteiger partial charge >= 0.3 is 0 Å². The van der Waals surface area contributed by atoms with E-state index in [0.717, 1.165) is 5.57 Å². The van der Waals surface area contributed by atoms with Crippen LogP contribution in [0, 0.1) is 0 Å². The molecule has 0 amide bonds. The molecule has 1 atom stereocenters. The van der Waals surface area contributed by atoms with Gasteiger partial charge in [-0.25, -0.2) is 0 Å². The average Bonchev–Trinajstić information content (AvgIpc) is 1.84. The maximum atomic E-state index is 9.46. The minimum Gasteiger partial charge on any atom is -0.511 e. The Hall–Kier alpha value is -0.500. The van der Waals surface area contributed by atoms with E-state index in [9.17, 15) is 5.11 Å². The van der Waals surface area contributed by atoms with E-state index in [4.69, 9.17) is 0 Å². The molecule has 2 N–H and O–H groups in total. The van der Waals surface area contributed by atoms with Crippen LogP contribution < -0.4 is 5.32 Å². The SMILES string of the molecule is CC(C)=C(O)C(C)NC(C)C. The average molecular weight is 157 g/mol. The lowest BCUT2D eigenvalue weighted by molar-refractivity contribution is 0.333. The molecule has 0 spiro atoms. The lowest BCUT2D eigenvalue weighted by Crippen LogP contribution is -2.34. The van der Waals surface area contributed by atoms with Gasteiger partial charge in [0.25, 0.3) is 0 Å². The van der Waals surface area contributed by atoms with E-state index in [2.05, 4.69) is 19.2 Å². The van der Waals surface area contributed by atoms with E-state index in [0.29, 0.717) is 11.8 Å². The highest BCUT2D eigenvalue weighted by Gasteiger charge is 2.08. The second kappa shape index (κ2) is 4.39. The topological polar surface area (TPSA) is 32.3 Å². The van der Waals surface area contributed by atoms with Gasteiger partial charge in [-0.05, 0) is 26.3 Å². The maximum absolute atomic E-state index is 9.46. The molecule has 0 aromatic rings. The molecule has 0 aromatic heterocycles. The maximum Gasteiger partial charge on any atom is 0.107 e. The van der Waals surface area contributed by atoms with Crippen LogP contribution in [0.25, 0.3) is 0 Å². The van der Waals surface area contributed by atoms with Crippen molar-refractivity contribution in [3.63, 3.8) is 0 Å². The van der Waals surface area contributed by atoms with Crippen LogP contribution in [0.1, 0.15) is 34.6 Å². The van der Waals surface area contributed by atoms with Crippen molar-refractivity contribution in [2.24, 2.45) is 0 Å². The van der Waals surface area contributed by atoms with Gasteiger partial charge in [-0.3, -0.25) is 0 Å². The fourth-order valence-electron chi connectivity index (χ4n) is 1.01. The zero-order valence-corrected chi connectivity index (χ0v) is 8.10. The third kappa shape index (κ3) is 4.04. The molecule has 0 saturated carbocycles. The van der Waals surface area contributed by atoms with E-state index in [1.165, 1.54) is 0 Å². The first-order valence-corrected chi connectivity index (χ1v) is 4.07. The Morgan fingerprint density at radius 1 is 1.18 bits per heavy atom. The Bertz CT molecular complexity index is 146. The highest BCUT2D eigenvalue weighted by Crippen LogP contribution is 2.04. The van der Waals surface area contributed by atoms with Crippen molar-refractivity contribution in [1.29, 1.82) is 0 Å². The molecule has 0 aromatic carbocycles. The number of hydrogen-bond acceptors (Lipinski definition) is 2. The Kier molecular flexibility index (Phi) is 4.19. The van der Waals surface area contributed by atoms with E-state index in [1.807, 2.05) is 20.8 Å². The van der Waals surface area contributed by atoms with Crippen LogP contribution in [-0.4, -0.2) is 17.2 Å². The first kappa shape index (κ1) is 10.5. The Labute approximate surface area is 69.3 Å². The van der Waals surface area contributed by atoms with Crippen molar-refractivity contribution in [2.45, 2.75) is 46.7 Å². The molecule has 1 unspecified atom stereocenters. The lowest BCUT2D eigenvalue weighted by Gasteiger charge is -2.17. The molecular weight excluding hydrogens is 138 g/mol. The second-order valence-corrected chi connectivity index (χ2v) is 3.43. The number of aliphatic hydroxyl groups is 1. The van der Waals surface area contributed by atoms with Crippen molar-refractivity contribution in [3.05, 3.63) is 11.3 Å². The van der Waals surface area contributed by atoms with Crippen LogP contribution in [0.3, 0.4) is 0 Å². The quantitative estimate of drug-likeness (QED) is 0.616. The fourth-order valence-corrected chi connectivity index (χ4v) is 1.01. The summed E-state index contributed by atoms with van der Waals surface area (Å²) in [6, 6.07) is 0.478. The number of nitrogens with one attached hydrogen (secondary N) is 1. The van der Waals surface area contributed by atoms with Crippen molar-refractivity contribution >= 4 is 0 Å². The summed E-state index contributed by atoms with van der Waals surface area (Å²) in [6.45, 7) is 9.91. The molecule has 0 rings (SSSR count). The molecule has 66 valence electrons. The number of rotatable bonds is 3. The van der Waals surface area contributed by atoms with Gasteiger partial charge in [0.1, 0.15) is 5.76 Å². The molecule has 0 radical (unpaired) electrons. The zero-order chi connectivity index (χ0) is 9.02. The summed E-state index contributed by atoms with van der Waals surface area (Å²) in [5.74, 6) is 0.457. The molecule has 2 heteroatoms. The predicted molar refractivity (Wildman–Crippen MR) is 48.7 cm³/mol. The Morgan fingerprint density at radius 2 is 1.64 bits per heavy atom. The van der Waals surface area contributed by atoms with Gasteiger partial charge in [0.15, 0.2) is 0 Å². The predicted octanol–water partition coefficient (Wildman–Crippen LogP) is 2.22. The number of allylic oxidation sites excluding steroid dienone is 1. The van der Waals surface area contributed by atoms with Crippen LogP contribution in [-0.2, 0) is 0 Å². The zero-order valence-electron chi connectivity index (χ0n) is 8.10. The number of aliphatic hydroxyl groups excluding tert-OH is 1. The van der Waals surface area contributed by atoms with Crippen LogP contribution in [0.2, 0.25) is 0 Å². The van der Waals surface area contributed by atoms with E-state index < -0.39 is 0 Å². The molecule has 0 aliphatic carbocycles. The van der Waals surface area contributed by atoms with Crippen molar-refractivity contribution in [1.82, 2.24) is 5.32 Å². The summed E-state index contributed by atoms with van der Waals surface area (Å²) in [6.07, 6.45) is 0. The lowest BCUT2D eigenvalue weighted by atomic mass is 10.1. The minimum absolute atomic E-state index is 0.0694. The van der Waals surface area contributed by atoms with E-state index >= 15 is 0 Å². The van der Waals surface area contributed by atoms with Crippen LogP contribution in [0.4, 0.5) is 0 Å². The first-order valence-electron chi connectivity index (χ1n) is 4.07. The molecule has 11 heavy (non-hydrogen) atoms. The third-order valence-electron chi connectivity index (χ3n) is 1.51. The molecule has 0 aliphatic rings. The van der Waals surface area contributed by atoms with Crippen LogP contribution in [0.15, 0.2) is 11.3 Å². The molecule has 0 fully saturated rings. The Balaban J connectivity index is 4.04. The van der Waals surface area contributed by atoms with Gasteiger partial charge in [0.2, 0.25) is 0 Å². The third-order valence-corrected chi connectivity index (χ3v) is 1.51. The van der Waals surface area contributed by atoms with Gasteiger partial charge in [0, 0.05) is 6.04 Å². The molecule has 0 heterocycles. The van der Waals surface area contributed by atoms with Crippen LogP contribution >= 0.6 is 0 Å². The summed E-state index contributed by atoms with van der Waals surface area (Å²) in [4.78, 5) is 0. The van der Waals surface area contributed by atoms with E-state index in [1.54, 1.807) is 0 Å². The van der Waals surface area contributed by atoms with Crippen LogP contribution in [0.5, 0.6) is 0 Å². The van der Waals surface area contributed by atoms with Gasteiger partial charge in [-0.2, -0.15) is 0 Å². The standard InChI is InChI=1S/C9H19NO/c1-6(2)9(11)8(5)10-7(3)4/h7-8,10-11H,1-5H3. The first-order chi connectivity index (χ1) is 4.95. The van der Waals surface area contributed by atoms with Gasteiger partial charge in [-0.15, -0.1) is 0 Å². The summed E-state index contributed by atoms with van der Waals surface area (Å²) >= 11 is 0. The summed E-state index contributed by atoms with van der Waals surface area (Å²) in [7, 11) is 0. The largest absolute Gasteiger partial charge is 0.511 e.